The van der Waals surface area contributed by atoms with Crippen LogP contribution in [0.2, 0.25) is 0 Å². The number of ether oxygens (including phenoxy) is 1. The van der Waals surface area contributed by atoms with Crippen LogP contribution in [0.3, 0.4) is 0 Å². The average molecular weight is 395 g/mol. The number of phenols is 1. The molecular formula is C23H26FN3O2. The van der Waals surface area contributed by atoms with Gasteiger partial charge in [-0.25, -0.2) is 9.07 Å². The molecule has 1 aromatic heterocycles. The number of nitrogens with one attached hydrogen (secondary N) is 1. The third-order valence-corrected chi connectivity index (χ3v) is 5.59. The van der Waals surface area contributed by atoms with E-state index >= 15 is 0 Å². The Balaban J connectivity index is 1.62. The van der Waals surface area contributed by atoms with Crippen LogP contribution >= 0.6 is 0 Å². The molecule has 152 valence electrons. The monoisotopic (exact) mass is 395 g/mol. The zero-order valence-corrected chi connectivity index (χ0v) is 16.9. The number of benzene rings is 2. The topological polar surface area (TPSA) is 59.3 Å². The smallest absolute Gasteiger partial charge is 0.162 e. The van der Waals surface area contributed by atoms with Crippen LogP contribution in [-0.4, -0.2) is 22.0 Å². The van der Waals surface area contributed by atoms with Gasteiger partial charge < -0.3 is 15.2 Å². The Morgan fingerprint density at radius 2 is 2.00 bits per heavy atom. The first-order valence-electron chi connectivity index (χ1n) is 9.79. The highest BCUT2D eigenvalue weighted by Crippen LogP contribution is 2.41. The molecule has 5 nitrogen and oxygen atoms in total. The third kappa shape index (κ3) is 3.85. The van der Waals surface area contributed by atoms with Crippen LogP contribution in [0.25, 0.3) is 5.69 Å². The lowest BCUT2D eigenvalue weighted by Crippen LogP contribution is -2.33. The molecule has 0 fully saturated rings. The SMILES string of the molecule is COc1cccc(CN[C@H]2CC(C)(C)Cc3c2cnn3-c2ccc(F)cc2)c1O. The fourth-order valence-electron chi connectivity index (χ4n) is 4.14. The number of aromatic nitrogens is 2. The number of nitrogens with zero attached hydrogens (tertiary/aromatic N) is 2. The minimum absolute atomic E-state index is 0.0822. The zero-order chi connectivity index (χ0) is 20.6. The molecule has 1 aliphatic carbocycles. The quantitative estimate of drug-likeness (QED) is 0.666. The summed E-state index contributed by atoms with van der Waals surface area (Å²) in [4.78, 5) is 0. The van der Waals surface area contributed by atoms with Gasteiger partial charge in [0.25, 0.3) is 0 Å². The summed E-state index contributed by atoms with van der Waals surface area (Å²) in [7, 11) is 1.55. The molecule has 0 unspecified atom stereocenters. The van der Waals surface area contributed by atoms with Gasteiger partial charge >= 0.3 is 0 Å². The van der Waals surface area contributed by atoms with E-state index < -0.39 is 0 Å². The molecule has 0 aliphatic heterocycles. The molecule has 1 aliphatic rings. The van der Waals surface area contributed by atoms with Gasteiger partial charge in [0, 0.05) is 29.4 Å². The van der Waals surface area contributed by atoms with Crippen molar-refractivity contribution < 1.29 is 14.2 Å². The number of para-hydroxylation sites is 1. The Hall–Kier alpha value is -2.86. The second-order valence-corrected chi connectivity index (χ2v) is 8.38. The van der Waals surface area contributed by atoms with E-state index in [1.807, 2.05) is 23.0 Å². The summed E-state index contributed by atoms with van der Waals surface area (Å²) in [6, 6.07) is 12.0. The predicted molar refractivity (Wildman–Crippen MR) is 110 cm³/mol. The second kappa shape index (κ2) is 7.52. The maximum absolute atomic E-state index is 13.3. The van der Waals surface area contributed by atoms with Gasteiger partial charge in [0.15, 0.2) is 11.5 Å². The first kappa shape index (κ1) is 19.5. The lowest BCUT2D eigenvalue weighted by atomic mass is 9.74. The number of hydrogen-bond donors (Lipinski definition) is 2. The van der Waals surface area contributed by atoms with Crippen molar-refractivity contribution in [2.24, 2.45) is 5.41 Å². The summed E-state index contributed by atoms with van der Waals surface area (Å²) in [5, 5.41) is 18.6. The van der Waals surface area contributed by atoms with E-state index in [-0.39, 0.29) is 23.0 Å². The molecule has 0 saturated carbocycles. The molecule has 1 heterocycles. The lowest BCUT2D eigenvalue weighted by Gasteiger charge is -2.36. The van der Waals surface area contributed by atoms with E-state index in [9.17, 15) is 9.50 Å². The van der Waals surface area contributed by atoms with Crippen LogP contribution < -0.4 is 10.1 Å². The van der Waals surface area contributed by atoms with Crippen LogP contribution in [0.15, 0.2) is 48.7 Å². The largest absolute Gasteiger partial charge is 0.504 e. The lowest BCUT2D eigenvalue weighted by molar-refractivity contribution is 0.252. The van der Waals surface area contributed by atoms with E-state index in [4.69, 9.17) is 4.74 Å². The number of aromatic hydroxyl groups is 1. The molecule has 2 N–H and O–H groups in total. The highest BCUT2D eigenvalue weighted by atomic mass is 19.1. The van der Waals surface area contributed by atoms with E-state index in [0.717, 1.165) is 35.3 Å². The van der Waals surface area contributed by atoms with Crippen LogP contribution in [0.4, 0.5) is 4.39 Å². The van der Waals surface area contributed by atoms with E-state index in [2.05, 4.69) is 24.3 Å². The molecule has 0 bridgehead atoms. The van der Waals surface area contributed by atoms with Crippen LogP contribution in [0, 0.1) is 11.2 Å². The standard InChI is InChI=1S/C23H26FN3O2/c1-23(2)11-19(25-13-15-5-4-6-21(29-3)22(15)28)18-14-26-27(20(18)12-23)17-9-7-16(24)8-10-17/h4-10,14,19,25,28H,11-13H2,1-3H3/t19-/m0/s1. The van der Waals surface area contributed by atoms with Crippen molar-refractivity contribution in [3.05, 3.63) is 71.3 Å². The summed E-state index contributed by atoms with van der Waals surface area (Å²) in [6.07, 6.45) is 3.75. The first-order valence-corrected chi connectivity index (χ1v) is 9.79. The van der Waals surface area contributed by atoms with Gasteiger partial charge in [-0.05, 0) is 48.6 Å². The van der Waals surface area contributed by atoms with Gasteiger partial charge in [0.1, 0.15) is 5.82 Å². The molecule has 4 rings (SSSR count). The summed E-state index contributed by atoms with van der Waals surface area (Å²) >= 11 is 0. The molecule has 3 aromatic rings. The number of hydrogen-bond acceptors (Lipinski definition) is 4. The minimum Gasteiger partial charge on any atom is -0.504 e. The number of halogens is 1. The van der Waals surface area contributed by atoms with Crippen molar-refractivity contribution in [1.29, 1.82) is 0 Å². The average Bonchev–Trinajstić information content (AvgIpc) is 3.10. The van der Waals surface area contributed by atoms with Crippen molar-refractivity contribution in [2.75, 3.05) is 7.11 Å². The highest BCUT2D eigenvalue weighted by molar-refractivity contribution is 5.45. The maximum atomic E-state index is 13.3. The van der Waals surface area contributed by atoms with Crippen molar-refractivity contribution in [1.82, 2.24) is 15.1 Å². The fourth-order valence-corrected chi connectivity index (χ4v) is 4.14. The molecule has 0 saturated heterocycles. The summed E-state index contributed by atoms with van der Waals surface area (Å²) in [6.45, 7) is 5.01. The van der Waals surface area contributed by atoms with Crippen molar-refractivity contribution in [2.45, 2.75) is 39.3 Å². The minimum atomic E-state index is -0.257. The Morgan fingerprint density at radius 3 is 2.72 bits per heavy atom. The van der Waals surface area contributed by atoms with Gasteiger partial charge in [-0.2, -0.15) is 5.10 Å². The van der Waals surface area contributed by atoms with Gasteiger partial charge in [0.05, 0.1) is 19.0 Å². The second-order valence-electron chi connectivity index (χ2n) is 8.38. The van der Waals surface area contributed by atoms with Crippen molar-refractivity contribution in [3.8, 4) is 17.2 Å². The molecule has 0 radical (unpaired) electrons. The number of methoxy groups -OCH3 is 1. The van der Waals surface area contributed by atoms with Crippen molar-refractivity contribution >= 4 is 0 Å². The molecule has 0 amide bonds. The van der Waals surface area contributed by atoms with Crippen molar-refractivity contribution in [3.63, 3.8) is 0 Å². The highest BCUT2D eigenvalue weighted by Gasteiger charge is 2.35. The predicted octanol–water partition coefficient (Wildman–Crippen LogP) is 4.53. The van der Waals surface area contributed by atoms with Gasteiger partial charge in [0.2, 0.25) is 0 Å². The summed E-state index contributed by atoms with van der Waals surface area (Å²) in [5.41, 5.74) is 4.02. The van der Waals surface area contributed by atoms with Gasteiger partial charge in [-0.1, -0.05) is 26.0 Å². The first-order chi connectivity index (χ1) is 13.9. The Kier molecular flexibility index (Phi) is 5.04. The maximum Gasteiger partial charge on any atom is 0.162 e. The normalized spacial score (nSPS) is 17.7. The van der Waals surface area contributed by atoms with Crippen LogP contribution in [0.1, 0.15) is 43.1 Å². The summed E-state index contributed by atoms with van der Waals surface area (Å²) in [5.74, 6) is 0.380. The van der Waals surface area contributed by atoms with E-state index in [1.165, 1.54) is 12.1 Å². The number of phenolic OH excluding ortho intramolecular Hbond substituents is 1. The van der Waals surface area contributed by atoms with Crippen LogP contribution in [-0.2, 0) is 13.0 Å². The van der Waals surface area contributed by atoms with Gasteiger partial charge in [-0.3, -0.25) is 0 Å². The van der Waals surface area contributed by atoms with Crippen LogP contribution in [0.5, 0.6) is 11.5 Å². The van der Waals surface area contributed by atoms with Gasteiger partial charge in [-0.15, -0.1) is 0 Å². The molecule has 2 aromatic carbocycles. The molecule has 1 atom stereocenters. The molecule has 0 spiro atoms. The molecule has 6 heteroatoms. The Bertz CT molecular complexity index is 1010. The number of rotatable bonds is 5. The van der Waals surface area contributed by atoms with E-state index in [0.29, 0.717) is 12.3 Å². The Morgan fingerprint density at radius 1 is 1.24 bits per heavy atom. The third-order valence-electron chi connectivity index (χ3n) is 5.59. The summed E-state index contributed by atoms with van der Waals surface area (Å²) < 4.78 is 20.5. The molecular weight excluding hydrogens is 369 g/mol. The number of fused-ring (bicyclic) bond motifs is 1. The fraction of sp³-hybridized carbons (Fsp3) is 0.348. The zero-order valence-electron chi connectivity index (χ0n) is 16.9. The molecule has 29 heavy (non-hydrogen) atoms. The van der Waals surface area contributed by atoms with E-state index in [1.54, 1.807) is 25.3 Å². The Labute approximate surface area is 170 Å².